The lowest BCUT2D eigenvalue weighted by Crippen LogP contribution is -2.04. The molecule has 0 amide bonds. The highest BCUT2D eigenvalue weighted by molar-refractivity contribution is 5.56. The molecule has 14 heavy (non-hydrogen) atoms. The van der Waals surface area contributed by atoms with Crippen LogP contribution in [0.2, 0.25) is 0 Å². The van der Waals surface area contributed by atoms with Gasteiger partial charge in [0, 0.05) is 5.56 Å². The fraction of sp³-hybridized carbons (Fsp3) is 0. The van der Waals surface area contributed by atoms with Gasteiger partial charge in [0.15, 0.2) is 5.82 Å². The van der Waals surface area contributed by atoms with Gasteiger partial charge in [0.1, 0.15) is 0 Å². The Kier molecular flexibility index (Phi) is 1.98. The van der Waals surface area contributed by atoms with Gasteiger partial charge in [-0.1, -0.05) is 24.3 Å². The minimum absolute atomic E-state index is 0.125. The Hall–Kier alpha value is -2.17. The molecule has 0 saturated carbocycles. The van der Waals surface area contributed by atoms with Crippen LogP contribution in [0, 0.1) is 6.07 Å². The predicted molar refractivity (Wildman–Crippen MR) is 52.9 cm³/mol. The van der Waals surface area contributed by atoms with Crippen molar-refractivity contribution in [3.05, 3.63) is 30.3 Å². The molecule has 0 aliphatic rings. The summed E-state index contributed by atoms with van der Waals surface area (Å²) in [5, 5.41) is 0. The normalized spacial score (nSPS) is 10.0. The molecule has 5 heteroatoms. The fourth-order valence-corrected chi connectivity index (χ4v) is 1.07. The highest BCUT2D eigenvalue weighted by Crippen LogP contribution is 2.14. The van der Waals surface area contributed by atoms with Crippen molar-refractivity contribution < 1.29 is 0 Å². The van der Waals surface area contributed by atoms with Crippen molar-refractivity contribution in [3.8, 4) is 11.4 Å². The van der Waals surface area contributed by atoms with Gasteiger partial charge in [0.05, 0.1) is 0 Å². The molecule has 1 heterocycles. The van der Waals surface area contributed by atoms with E-state index in [4.69, 9.17) is 11.5 Å². The molecule has 0 aliphatic carbocycles. The van der Waals surface area contributed by atoms with Crippen LogP contribution >= 0.6 is 0 Å². The quantitative estimate of drug-likeness (QED) is 0.676. The maximum Gasteiger partial charge on any atom is 0.225 e. The molecule has 0 aliphatic heterocycles. The van der Waals surface area contributed by atoms with E-state index < -0.39 is 0 Å². The van der Waals surface area contributed by atoms with Gasteiger partial charge in [-0.3, -0.25) is 0 Å². The number of aromatic nitrogens is 3. The lowest BCUT2D eigenvalue weighted by Gasteiger charge is -2.00. The molecule has 0 spiro atoms. The summed E-state index contributed by atoms with van der Waals surface area (Å²) in [6.07, 6.45) is 0. The number of nitrogens with zero attached hydrogens (tertiary/aromatic N) is 3. The van der Waals surface area contributed by atoms with E-state index >= 15 is 0 Å². The van der Waals surface area contributed by atoms with Gasteiger partial charge in [0.25, 0.3) is 0 Å². The number of benzene rings is 1. The minimum atomic E-state index is 0.125. The first-order valence-electron chi connectivity index (χ1n) is 3.99. The summed E-state index contributed by atoms with van der Waals surface area (Å²) in [5.41, 5.74) is 11.7. The lowest BCUT2D eigenvalue weighted by atomic mass is 10.2. The zero-order chi connectivity index (χ0) is 9.97. The van der Waals surface area contributed by atoms with Crippen molar-refractivity contribution in [1.82, 2.24) is 15.0 Å². The molecule has 5 nitrogen and oxygen atoms in total. The zero-order valence-corrected chi connectivity index (χ0v) is 7.31. The van der Waals surface area contributed by atoms with E-state index in [0.717, 1.165) is 5.56 Å². The van der Waals surface area contributed by atoms with Crippen LogP contribution in [0.25, 0.3) is 11.4 Å². The monoisotopic (exact) mass is 186 g/mol. The van der Waals surface area contributed by atoms with E-state index in [1.54, 1.807) is 12.1 Å². The highest BCUT2D eigenvalue weighted by Gasteiger charge is 2.03. The summed E-state index contributed by atoms with van der Waals surface area (Å²) in [7, 11) is 0. The molecule has 0 unspecified atom stereocenters. The minimum Gasteiger partial charge on any atom is -0.368 e. The average Bonchev–Trinajstić information content (AvgIpc) is 2.18. The van der Waals surface area contributed by atoms with Gasteiger partial charge in [-0.25, -0.2) is 0 Å². The summed E-state index contributed by atoms with van der Waals surface area (Å²) in [6.45, 7) is 0. The second-order valence-electron chi connectivity index (χ2n) is 2.66. The Balaban J connectivity index is 2.52. The third-order valence-electron chi connectivity index (χ3n) is 1.65. The Labute approximate surface area is 80.8 Å². The molecular formula is C9H8N5. The molecule has 1 aromatic carbocycles. The van der Waals surface area contributed by atoms with Crippen LogP contribution < -0.4 is 11.5 Å². The fourth-order valence-electron chi connectivity index (χ4n) is 1.07. The van der Waals surface area contributed by atoms with Crippen LogP contribution in [0.1, 0.15) is 0 Å². The second-order valence-corrected chi connectivity index (χ2v) is 2.66. The first-order chi connectivity index (χ1) is 6.75. The largest absolute Gasteiger partial charge is 0.368 e. The van der Waals surface area contributed by atoms with Crippen LogP contribution in [0.5, 0.6) is 0 Å². The molecule has 2 aromatic rings. The van der Waals surface area contributed by atoms with Crippen LogP contribution in [0.15, 0.2) is 24.3 Å². The summed E-state index contributed by atoms with van der Waals surface area (Å²) >= 11 is 0. The van der Waals surface area contributed by atoms with Crippen molar-refractivity contribution in [2.24, 2.45) is 0 Å². The molecule has 0 atom stereocenters. The van der Waals surface area contributed by atoms with Crippen LogP contribution in [0.3, 0.4) is 0 Å². The standard InChI is InChI=1S/C9H8N5/c10-8-12-7(13-9(11)14-8)6-4-2-1-3-5-6/h2-5H,(H4,10,11,12,13,14). The maximum atomic E-state index is 5.45. The molecule has 1 radical (unpaired) electrons. The van der Waals surface area contributed by atoms with Crippen molar-refractivity contribution in [1.29, 1.82) is 0 Å². The van der Waals surface area contributed by atoms with Crippen molar-refractivity contribution in [3.63, 3.8) is 0 Å². The molecule has 69 valence electrons. The Bertz CT molecular complexity index is 420. The van der Waals surface area contributed by atoms with Crippen LogP contribution in [0.4, 0.5) is 11.9 Å². The van der Waals surface area contributed by atoms with Gasteiger partial charge >= 0.3 is 0 Å². The van der Waals surface area contributed by atoms with Crippen molar-refractivity contribution in [2.45, 2.75) is 0 Å². The lowest BCUT2D eigenvalue weighted by molar-refractivity contribution is 1.09. The first kappa shape index (κ1) is 8.43. The second kappa shape index (κ2) is 3.29. The Morgan fingerprint density at radius 3 is 2.07 bits per heavy atom. The average molecular weight is 186 g/mol. The number of rotatable bonds is 1. The van der Waals surface area contributed by atoms with Crippen molar-refractivity contribution in [2.75, 3.05) is 11.5 Å². The summed E-state index contributed by atoms with van der Waals surface area (Å²) < 4.78 is 0. The molecule has 0 saturated heterocycles. The Morgan fingerprint density at radius 2 is 1.50 bits per heavy atom. The molecule has 2 rings (SSSR count). The van der Waals surface area contributed by atoms with Gasteiger partial charge in [0.2, 0.25) is 11.9 Å². The van der Waals surface area contributed by atoms with E-state index in [0.29, 0.717) is 5.82 Å². The zero-order valence-electron chi connectivity index (χ0n) is 7.31. The van der Waals surface area contributed by atoms with E-state index in [-0.39, 0.29) is 11.9 Å². The van der Waals surface area contributed by atoms with Gasteiger partial charge < -0.3 is 11.5 Å². The van der Waals surface area contributed by atoms with E-state index in [9.17, 15) is 0 Å². The van der Waals surface area contributed by atoms with E-state index in [1.165, 1.54) is 0 Å². The van der Waals surface area contributed by atoms with Crippen LogP contribution in [-0.4, -0.2) is 15.0 Å². The predicted octanol–water partition coefficient (Wildman–Crippen LogP) is 0.503. The molecular weight excluding hydrogens is 178 g/mol. The third kappa shape index (κ3) is 1.61. The van der Waals surface area contributed by atoms with Gasteiger partial charge in [-0.05, 0) is 6.07 Å². The van der Waals surface area contributed by atoms with Gasteiger partial charge in [-0.15, -0.1) is 0 Å². The summed E-state index contributed by atoms with van der Waals surface area (Å²) in [5.74, 6) is 0.727. The van der Waals surface area contributed by atoms with E-state index in [1.807, 2.05) is 12.1 Å². The number of hydrogen-bond acceptors (Lipinski definition) is 5. The summed E-state index contributed by atoms with van der Waals surface area (Å²) in [4.78, 5) is 11.6. The molecule has 4 N–H and O–H groups in total. The van der Waals surface area contributed by atoms with Crippen LogP contribution in [-0.2, 0) is 0 Å². The smallest absolute Gasteiger partial charge is 0.225 e. The van der Waals surface area contributed by atoms with E-state index in [2.05, 4.69) is 21.0 Å². The topological polar surface area (TPSA) is 90.7 Å². The number of nitrogen functional groups attached to an aromatic ring is 2. The molecule has 0 fully saturated rings. The third-order valence-corrected chi connectivity index (χ3v) is 1.65. The molecule has 0 bridgehead atoms. The number of hydrogen-bond donors (Lipinski definition) is 2. The summed E-state index contributed by atoms with van der Waals surface area (Å²) in [6, 6.07) is 10.1. The number of anilines is 2. The molecule has 1 aromatic heterocycles. The Morgan fingerprint density at radius 1 is 0.929 bits per heavy atom. The maximum absolute atomic E-state index is 5.45. The van der Waals surface area contributed by atoms with Crippen molar-refractivity contribution >= 4 is 11.9 Å². The highest BCUT2D eigenvalue weighted by atomic mass is 15.1. The van der Waals surface area contributed by atoms with Gasteiger partial charge in [-0.2, -0.15) is 15.0 Å². The first-order valence-corrected chi connectivity index (χ1v) is 3.99. The SMILES string of the molecule is Nc1nc(N)nc(-c2cc[c]cc2)n1. The number of nitrogens with two attached hydrogens (primary N) is 2.